The van der Waals surface area contributed by atoms with E-state index >= 15 is 0 Å². The van der Waals surface area contributed by atoms with Crippen molar-refractivity contribution in [3.05, 3.63) is 90.8 Å². The number of rotatable bonds is 10. The minimum Gasteiger partial charge on any atom is -0.355 e. The van der Waals surface area contributed by atoms with Gasteiger partial charge in [0.15, 0.2) is 5.16 Å². The van der Waals surface area contributed by atoms with Gasteiger partial charge in [0.05, 0.1) is 5.75 Å². The lowest BCUT2D eigenvalue weighted by Gasteiger charge is -2.18. The fourth-order valence-corrected chi connectivity index (χ4v) is 3.81. The fourth-order valence-electron chi connectivity index (χ4n) is 3.05. The van der Waals surface area contributed by atoms with Gasteiger partial charge < -0.3 is 9.88 Å². The highest BCUT2D eigenvalue weighted by Crippen LogP contribution is 2.27. The molecule has 0 fully saturated rings. The number of hydrogen-bond acceptors (Lipinski definition) is 4. The summed E-state index contributed by atoms with van der Waals surface area (Å²) in [6, 6.07) is 20.8. The Morgan fingerprint density at radius 1 is 1.11 bits per heavy atom. The summed E-state index contributed by atoms with van der Waals surface area (Å²) < 4.78 is 1.87. The Hall–Kier alpha value is -2.86. The van der Waals surface area contributed by atoms with Crippen LogP contribution >= 0.6 is 11.8 Å². The number of carbonyl (C=O) groups excluding carboxylic acids is 1. The van der Waals surface area contributed by atoms with E-state index in [0.717, 1.165) is 11.6 Å². The summed E-state index contributed by atoms with van der Waals surface area (Å²) in [7, 11) is 0. The molecule has 5 nitrogen and oxygen atoms in total. The minimum atomic E-state index is -0.00183. The first-order valence-corrected chi connectivity index (χ1v) is 10.2. The molecule has 144 valence electrons. The second kappa shape index (κ2) is 10.5. The molecule has 0 bridgehead atoms. The largest absolute Gasteiger partial charge is 0.355 e. The number of nitrogens with one attached hydrogen (secondary N) is 1. The van der Waals surface area contributed by atoms with Crippen molar-refractivity contribution < 1.29 is 4.79 Å². The number of amides is 1. The average Bonchev–Trinajstić information content (AvgIpc) is 3.18. The first kappa shape index (κ1) is 19.9. The molecular weight excluding hydrogens is 368 g/mol. The molecule has 0 aliphatic rings. The Balaban J connectivity index is 1.53. The van der Waals surface area contributed by atoms with Crippen molar-refractivity contribution in [2.75, 3.05) is 12.3 Å². The average molecular weight is 393 g/mol. The van der Waals surface area contributed by atoms with Crippen LogP contribution in [-0.4, -0.2) is 33.0 Å². The zero-order chi connectivity index (χ0) is 19.6. The molecule has 0 aliphatic carbocycles. The van der Waals surface area contributed by atoms with Crippen molar-refractivity contribution in [1.29, 1.82) is 0 Å². The van der Waals surface area contributed by atoms with Gasteiger partial charge in [-0.1, -0.05) is 78.5 Å². The Morgan fingerprint density at radius 3 is 2.36 bits per heavy atom. The van der Waals surface area contributed by atoms with Gasteiger partial charge in [-0.15, -0.1) is 16.8 Å². The summed E-state index contributed by atoms with van der Waals surface area (Å²) in [5.74, 6) is 0.570. The standard InChI is InChI=1S/C22H24N4OS/c1-2-15-26-17-24-25-22(26)28-16-21(27)23-14-13-20(18-9-5-3-6-10-18)19-11-7-4-8-12-19/h2-12,17,20H,1,13-16H2,(H,23,27). The summed E-state index contributed by atoms with van der Waals surface area (Å²) in [6.45, 7) is 4.96. The van der Waals surface area contributed by atoms with Crippen LogP contribution in [0, 0.1) is 0 Å². The molecule has 3 aromatic rings. The summed E-state index contributed by atoms with van der Waals surface area (Å²) in [5.41, 5.74) is 2.52. The van der Waals surface area contributed by atoms with Crippen LogP contribution in [0.15, 0.2) is 84.8 Å². The van der Waals surface area contributed by atoms with Crippen molar-refractivity contribution in [3.63, 3.8) is 0 Å². The fraction of sp³-hybridized carbons (Fsp3) is 0.227. The van der Waals surface area contributed by atoms with Crippen LogP contribution < -0.4 is 5.32 Å². The summed E-state index contributed by atoms with van der Waals surface area (Å²) >= 11 is 1.38. The van der Waals surface area contributed by atoms with Crippen molar-refractivity contribution in [1.82, 2.24) is 20.1 Å². The number of thioether (sulfide) groups is 1. The van der Waals surface area contributed by atoms with E-state index in [0.29, 0.717) is 18.8 Å². The van der Waals surface area contributed by atoms with Crippen LogP contribution in [0.4, 0.5) is 0 Å². The van der Waals surface area contributed by atoms with Gasteiger partial charge in [-0.25, -0.2) is 0 Å². The minimum absolute atomic E-state index is 0.00183. The normalized spacial score (nSPS) is 10.8. The molecule has 1 aromatic heterocycles. The van der Waals surface area contributed by atoms with Crippen LogP contribution in [0.2, 0.25) is 0 Å². The van der Waals surface area contributed by atoms with Crippen molar-refractivity contribution in [2.24, 2.45) is 0 Å². The third-order valence-electron chi connectivity index (χ3n) is 4.40. The third-order valence-corrected chi connectivity index (χ3v) is 5.38. The van der Waals surface area contributed by atoms with E-state index < -0.39 is 0 Å². The summed E-state index contributed by atoms with van der Waals surface area (Å²) in [6.07, 6.45) is 4.27. The monoisotopic (exact) mass is 392 g/mol. The summed E-state index contributed by atoms with van der Waals surface area (Å²) in [4.78, 5) is 12.3. The summed E-state index contributed by atoms with van der Waals surface area (Å²) in [5, 5.41) is 11.7. The molecule has 3 rings (SSSR count). The predicted molar refractivity (Wildman–Crippen MR) is 113 cm³/mol. The van der Waals surface area contributed by atoms with E-state index in [1.54, 1.807) is 12.4 Å². The quantitative estimate of drug-likeness (QED) is 0.420. The Morgan fingerprint density at radius 2 is 1.75 bits per heavy atom. The number of benzene rings is 2. The first-order chi connectivity index (χ1) is 13.8. The van der Waals surface area contributed by atoms with Gasteiger partial charge in [0.1, 0.15) is 6.33 Å². The van der Waals surface area contributed by atoms with Crippen LogP contribution in [-0.2, 0) is 11.3 Å². The molecule has 0 saturated heterocycles. The van der Waals surface area contributed by atoms with Crippen LogP contribution in [0.5, 0.6) is 0 Å². The van der Waals surface area contributed by atoms with Gasteiger partial charge in [0.25, 0.3) is 0 Å². The van der Waals surface area contributed by atoms with Gasteiger partial charge in [0, 0.05) is 19.0 Å². The topological polar surface area (TPSA) is 59.8 Å². The van der Waals surface area contributed by atoms with E-state index in [9.17, 15) is 4.79 Å². The smallest absolute Gasteiger partial charge is 0.230 e. The maximum atomic E-state index is 12.3. The highest BCUT2D eigenvalue weighted by atomic mass is 32.2. The van der Waals surface area contributed by atoms with E-state index in [4.69, 9.17) is 0 Å². The molecule has 0 atom stereocenters. The molecule has 28 heavy (non-hydrogen) atoms. The molecule has 1 N–H and O–H groups in total. The lowest BCUT2D eigenvalue weighted by molar-refractivity contribution is -0.118. The predicted octanol–water partition coefficient (Wildman–Crippen LogP) is 3.89. The number of allylic oxidation sites excluding steroid dienone is 1. The molecule has 6 heteroatoms. The zero-order valence-corrected chi connectivity index (χ0v) is 16.5. The first-order valence-electron chi connectivity index (χ1n) is 9.26. The molecular formula is C22H24N4OS. The molecule has 0 unspecified atom stereocenters. The van der Waals surface area contributed by atoms with E-state index in [1.165, 1.54) is 22.9 Å². The van der Waals surface area contributed by atoms with Crippen molar-refractivity contribution >= 4 is 17.7 Å². The number of aromatic nitrogens is 3. The van der Waals surface area contributed by atoms with Crippen molar-refractivity contribution in [3.8, 4) is 0 Å². The Bertz CT molecular complexity index is 840. The Kier molecular flexibility index (Phi) is 7.44. The molecule has 2 aromatic carbocycles. The second-order valence-electron chi connectivity index (χ2n) is 6.36. The molecule has 1 heterocycles. The lowest BCUT2D eigenvalue weighted by Crippen LogP contribution is -2.27. The van der Waals surface area contributed by atoms with Gasteiger partial charge in [-0.3, -0.25) is 4.79 Å². The van der Waals surface area contributed by atoms with Gasteiger partial charge >= 0.3 is 0 Å². The lowest BCUT2D eigenvalue weighted by atomic mass is 9.88. The molecule has 0 aliphatic heterocycles. The maximum absolute atomic E-state index is 12.3. The second-order valence-corrected chi connectivity index (χ2v) is 7.30. The van der Waals surface area contributed by atoms with Crippen LogP contribution in [0.3, 0.4) is 0 Å². The maximum Gasteiger partial charge on any atom is 0.230 e. The van der Waals surface area contributed by atoms with Gasteiger partial charge in [0.2, 0.25) is 5.91 Å². The SMILES string of the molecule is C=CCn1cnnc1SCC(=O)NCCC(c1ccccc1)c1ccccc1. The third kappa shape index (κ3) is 5.57. The van der Waals surface area contributed by atoms with E-state index in [1.807, 2.05) is 16.7 Å². The molecule has 0 saturated carbocycles. The Labute approximate surface area is 169 Å². The number of hydrogen-bond donors (Lipinski definition) is 1. The highest BCUT2D eigenvalue weighted by Gasteiger charge is 2.14. The van der Waals surface area contributed by atoms with Gasteiger partial charge in [-0.2, -0.15) is 0 Å². The van der Waals surface area contributed by atoms with Crippen LogP contribution in [0.25, 0.3) is 0 Å². The van der Waals surface area contributed by atoms with Crippen molar-refractivity contribution in [2.45, 2.75) is 24.0 Å². The molecule has 0 spiro atoms. The zero-order valence-electron chi connectivity index (χ0n) is 15.7. The van der Waals surface area contributed by atoms with E-state index in [2.05, 4.69) is 70.6 Å². The number of carbonyl (C=O) groups is 1. The van der Waals surface area contributed by atoms with Gasteiger partial charge in [-0.05, 0) is 17.5 Å². The van der Waals surface area contributed by atoms with Crippen LogP contribution in [0.1, 0.15) is 23.5 Å². The molecule has 1 amide bonds. The number of nitrogens with zero attached hydrogens (tertiary/aromatic N) is 3. The molecule has 0 radical (unpaired) electrons. The van der Waals surface area contributed by atoms with E-state index in [-0.39, 0.29) is 11.8 Å². The highest BCUT2D eigenvalue weighted by molar-refractivity contribution is 7.99.